The highest BCUT2D eigenvalue weighted by atomic mass is 16.5. The second-order valence-corrected chi connectivity index (χ2v) is 5.29. The number of imidazole rings is 1. The molecule has 20 heavy (non-hydrogen) atoms. The summed E-state index contributed by atoms with van der Waals surface area (Å²) < 4.78 is 7.38. The zero-order valence-corrected chi connectivity index (χ0v) is 12.3. The van der Waals surface area contributed by atoms with Gasteiger partial charge in [0.2, 0.25) is 0 Å². The third-order valence-electron chi connectivity index (χ3n) is 3.38. The number of rotatable bonds is 5. The van der Waals surface area contributed by atoms with Crippen molar-refractivity contribution >= 4 is 17.0 Å². The van der Waals surface area contributed by atoms with Gasteiger partial charge in [0.1, 0.15) is 5.82 Å². The Kier molecular flexibility index (Phi) is 4.09. The van der Waals surface area contributed by atoms with Gasteiger partial charge in [0, 0.05) is 13.0 Å². The van der Waals surface area contributed by atoms with E-state index in [9.17, 15) is 4.79 Å². The van der Waals surface area contributed by atoms with Crippen molar-refractivity contribution < 1.29 is 14.6 Å². The van der Waals surface area contributed by atoms with Crippen molar-refractivity contribution in [3.8, 4) is 0 Å². The van der Waals surface area contributed by atoms with Gasteiger partial charge in [-0.1, -0.05) is 13.8 Å². The minimum Gasteiger partial charge on any atom is -0.478 e. The maximum atomic E-state index is 11.1. The number of ether oxygens (including phenoxy) is 1. The van der Waals surface area contributed by atoms with Crippen molar-refractivity contribution in [2.75, 3.05) is 7.11 Å². The lowest BCUT2D eigenvalue weighted by atomic mass is 10.2. The second-order valence-electron chi connectivity index (χ2n) is 5.29. The normalized spacial score (nSPS) is 13.1. The molecule has 5 heteroatoms. The van der Waals surface area contributed by atoms with Crippen LogP contribution in [0.5, 0.6) is 0 Å². The molecule has 1 N–H and O–H groups in total. The summed E-state index contributed by atoms with van der Waals surface area (Å²) in [5.74, 6) is 0.289. The molecule has 2 aromatic rings. The highest BCUT2D eigenvalue weighted by Gasteiger charge is 2.17. The Bertz CT molecular complexity index is 631. The quantitative estimate of drug-likeness (QED) is 0.912. The van der Waals surface area contributed by atoms with Crippen LogP contribution in [0.15, 0.2) is 18.2 Å². The Morgan fingerprint density at radius 1 is 1.40 bits per heavy atom. The van der Waals surface area contributed by atoms with Crippen LogP contribution >= 0.6 is 0 Å². The number of hydrogen-bond donors (Lipinski definition) is 1. The van der Waals surface area contributed by atoms with Crippen LogP contribution in [0.25, 0.3) is 11.0 Å². The van der Waals surface area contributed by atoms with E-state index in [-0.39, 0.29) is 17.6 Å². The fourth-order valence-electron chi connectivity index (χ4n) is 2.24. The third-order valence-corrected chi connectivity index (χ3v) is 3.38. The lowest BCUT2D eigenvalue weighted by Gasteiger charge is -2.15. The van der Waals surface area contributed by atoms with Crippen LogP contribution in [-0.2, 0) is 11.3 Å². The van der Waals surface area contributed by atoms with Crippen molar-refractivity contribution in [3.63, 3.8) is 0 Å². The van der Waals surface area contributed by atoms with E-state index in [0.29, 0.717) is 6.54 Å². The number of carboxylic acid groups (broad SMARTS) is 1. The molecule has 2 rings (SSSR count). The molecule has 0 aliphatic carbocycles. The van der Waals surface area contributed by atoms with Gasteiger partial charge in [-0.05, 0) is 25.1 Å². The van der Waals surface area contributed by atoms with Crippen molar-refractivity contribution in [2.45, 2.75) is 39.3 Å². The van der Waals surface area contributed by atoms with Gasteiger partial charge in [-0.25, -0.2) is 9.78 Å². The Morgan fingerprint density at radius 3 is 2.65 bits per heavy atom. The van der Waals surface area contributed by atoms with E-state index >= 15 is 0 Å². The summed E-state index contributed by atoms with van der Waals surface area (Å²) in [6, 6.07) is 5.03. The molecule has 0 fully saturated rings. The summed E-state index contributed by atoms with van der Waals surface area (Å²) in [6.07, 6.45) is 0.0402. The first-order chi connectivity index (χ1) is 9.43. The van der Waals surface area contributed by atoms with Gasteiger partial charge in [-0.3, -0.25) is 0 Å². The molecule has 0 spiro atoms. The number of aromatic nitrogens is 2. The molecule has 0 amide bonds. The molecule has 5 nitrogen and oxygen atoms in total. The average molecular weight is 276 g/mol. The fourth-order valence-corrected chi connectivity index (χ4v) is 2.24. The van der Waals surface area contributed by atoms with E-state index in [1.54, 1.807) is 25.3 Å². The van der Waals surface area contributed by atoms with Gasteiger partial charge >= 0.3 is 5.97 Å². The van der Waals surface area contributed by atoms with Gasteiger partial charge in [0.15, 0.2) is 0 Å². The van der Waals surface area contributed by atoms with Gasteiger partial charge in [0.05, 0.1) is 29.2 Å². The summed E-state index contributed by atoms with van der Waals surface area (Å²) in [5, 5.41) is 9.12. The predicted octanol–water partition coefficient (Wildman–Crippen LogP) is 2.89. The minimum absolute atomic E-state index is 0.0402. The molecule has 108 valence electrons. The number of methoxy groups -OCH3 is 1. The molecule has 1 atom stereocenters. The van der Waals surface area contributed by atoms with Crippen LogP contribution < -0.4 is 0 Å². The molecule has 0 bridgehead atoms. The average Bonchev–Trinajstić information content (AvgIpc) is 2.76. The SMILES string of the molecule is COC(C)Cn1c(C(C)C)nc2ccc(C(=O)O)cc21. The number of benzene rings is 1. The Morgan fingerprint density at radius 2 is 2.10 bits per heavy atom. The number of carboxylic acids is 1. The van der Waals surface area contributed by atoms with E-state index in [1.807, 2.05) is 6.92 Å². The first kappa shape index (κ1) is 14.5. The number of hydrogen-bond acceptors (Lipinski definition) is 3. The van der Waals surface area contributed by atoms with Crippen molar-refractivity contribution in [3.05, 3.63) is 29.6 Å². The van der Waals surface area contributed by atoms with Crippen LogP contribution in [0.2, 0.25) is 0 Å². The molecule has 0 saturated carbocycles. The molecule has 0 radical (unpaired) electrons. The van der Waals surface area contributed by atoms with Crippen molar-refractivity contribution in [1.82, 2.24) is 9.55 Å². The van der Waals surface area contributed by atoms with Gasteiger partial charge in [0.25, 0.3) is 0 Å². The van der Waals surface area contributed by atoms with Crippen LogP contribution in [0.1, 0.15) is 42.9 Å². The second kappa shape index (κ2) is 5.63. The minimum atomic E-state index is -0.925. The maximum absolute atomic E-state index is 11.1. The summed E-state index contributed by atoms with van der Waals surface area (Å²) in [6.45, 7) is 6.79. The van der Waals surface area contributed by atoms with E-state index in [1.165, 1.54) is 0 Å². The molecule has 0 aliphatic rings. The van der Waals surface area contributed by atoms with E-state index < -0.39 is 5.97 Å². The van der Waals surface area contributed by atoms with E-state index in [4.69, 9.17) is 9.84 Å². The monoisotopic (exact) mass is 276 g/mol. The molecule has 0 saturated heterocycles. The first-order valence-corrected chi connectivity index (χ1v) is 6.70. The number of carbonyl (C=O) groups is 1. The lowest BCUT2D eigenvalue weighted by Crippen LogP contribution is -2.17. The van der Waals surface area contributed by atoms with E-state index in [2.05, 4.69) is 23.4 Å². The third kappa shape index (κ3) is 2.67. The van der Waals surface area contributed by atoms with E-state index in [0.717, 1.165) is 16.9 Å². The van der Waals surface area contributed by atoms with Crippen LogP contribution in [0.3, 0.4) is 0 Å². The van der Waals surface area contributed by atoms with Gasteiger partial charge < -0.3 is 14.4 Å². The molecular weight excluding hydrogens is 256 g/mol. The Hall–Kier alpha value is -1.88. The zero-order chi connectivity index (χ0) is 14.9. The lowest BCUT2D eigenvalue weighted by molar-refractivity contribution is 0.0697. The Labute approximate surface area is 118 Å². The highest BCUT2D eigenvalue weighted by molar-refractivity contribution is 5.92. The van der Waals surface area contributed by atoms with Gasteiger partial charge in [-0.2, -0.15) is 0 Å². The Balaban J connectivity index is 2.61. The molecular formula is C15H20N2O3. The first-order valence-electron chi connectivity index (χ1n) is 6.70. The topological polar surface area (TPSA) is 64.4 Å². The van der Waals surface area contributed by atoms with Crippen molar-refractivity contribution in [1.29, 1.82) is 0 Å². The fraction of sp³-hybridized carbons (Fsp3) is 0.467. The number of nitrogens with zero attached hydrogens (tertiary/aromatic N) is 2. The molecule has 1 heterocycles. The maximum Gasteiger partial charge on any atom is 0.335 e. The number of aromatic carboxylic acids is 1. The smallest absolute Gasteiger partial charge is 0.335 e. The highest BCUT2D eigenvalue weighted by Crippen LogP contribution is 2.23. The summed E-state index contributed by atoms with van der Waals surface area (Å²) in [7, 11) is 1.67. The number of fused-ring (bicyclic) bond motifs is 1. The zero-order valence-electron chi connectivity index (χ0n) is 12.3. The molecule has 1 aromatic heterocycles. The standard InChI is InChI=1S/C15H20N2O3/c1-9(2)14-16-12-6-5-11(15(18)19)7-13(12)17(14)8-10(3)20-4/h5-7,9-10H,8H2,1-4H3,(H,18,19). The molecule has 1 aromatic carbocycles. The molecule has 0 aliphatic heterocycles. The summed E-state index contributed by atoms with van der Waals surface area (Å²) in [5.41, 5.74) is 1.94. The summed E-state index contributed by atoms with van der Waals surface area (Å²) in [4.78, 5) is 15.7. The van der Waals surface area contributed by atoms with Crippen molar-refractivity contribution in [2.24, 2.45) is 0 Å². The molecule has 1 unspecified atom stereocenters. The largest absolute Gasteiger partial charge is 0.478 e. The van der Waals surface area contributed by atoms with Gasteiger partial charge in [-0.15, -0.1) is 0 Å². The van der Waals surface area contributed by atoms with Crippen LogP contribution in [0, 0.1) is 0 Å². The predicted molar refractivity (Wildman–Crippen MR) is 77.3 cm³/mol. The van der Waals surface area contributed by atoms with Crippen LogP contribution in [0.4, 0.5) is 0 Å². The van der Waals surface area contributed by atoms with Crippen LogP contribution in [-0.4, -0.2) is 33.8 Å². The summed E-state index contributed by atoms with van der Waals surface area (Å²) >= 11 is 0.